The van der Waals surface area contributed by atoms with Crippen LogP contribution >= 0.6 is 0 Å². The molecule has 0 heterocycles. The van der Waals surface area contributed by atoms with Gasteiger partial charge in [0.25, 0.3) is 6.10 Å². The topological polar surface area (TPSA) is 66.4 Å². The van der Waals surface area contributed by atoms with Crippen molar-refractivity contribution in [2.75, 3.05) is 0 Å². The molecular formula is C21H15F5O4S2. The second-order valence-electron chi connectivity index (χ2n) is 6.46. The second-order valence-corrected chi connectivity index (χ2v) is 9.94. The van der Waals surface area contributed by atoms with Crippen LogP contribution in [0.4, 0.5) is 22.0 Å². The molecule has 0 amide bonds. The Morgan fingerprint density at radius 2 is 1.22 bits per heavy atom. The van der Waals surface area contributed by atoms with Gasteiger partial charge in [-0.05, 0) is 36.4 Å². The molecule has 0 aliphatic carbocycles. The van der Waals surface area contributed by atoms with Gasteiger partial charge in [-0.3, -0.25) is 0 Å². The van der Waals surface area contributed by atoms with Gasteiger partial charge in [-0.1, -0.05) is 42.5 Å². The Morgan fingerprint density at radius 3 is 1.66 bits per heavy atom. The van der Waals surface area contributed by atoms with E-state index in [2.05, 4.69) is 4.74 Å². The quantitative estimate of drug-likeness (QED) is 0.259. The fraction of sp³-hybridized carbons (Fsp3) is 0.143. The first kappa shape index (κ1) is 24.0. The van der Waals surface area contributed by atoms with Gasteiger partial charge in [0.15, 0.2) is 24.8 Å². The van der Waals surface area contributed by atoms with E-state index in [0.717, 1.165) is 21.9 Å². The molecule has 0 saturated carbocycles. The summed E-state index contributed by atoms with van der Waals surface area (Å²) in [6, 6.07) is 22.9. The SMILES string of the molecule is O=S(=O)([O-])C(F)(F)C(Oc1cccc([S+](c2ccccc2)c2ccccc2)c1)C(F)(F)F. The summed E-state index contributed by atoms with van der Waals surface area (Å²) in [5.41, 5.74) is 0. The molecule has 0 saturated heterocycles. The molecule has 1 unspecified atom stereocenters. The summed E-state index contributed by atoms with van der Waals surface area (Å²) in [6.07, 6.45) is -9.99. The minimum Gasteiger partial charge on any atom is -0.743 e. The Labute approximate surface area is 183 Å². The number of benzene rings is 3. The van der Waals surface area contributed by atoms with Crippen LogP contribution in [0.1, 0.15) is 0 Å². The Hall–Kier alpha value is -2.63. The van der Waals surface area contributed by atoms with Crippen molar-refractivity contribution in [3.05, 3.63) is 84.9 Å². The fourth-order valence-corrected chi connectivity index (χ4v) is 5.36. The van der Waals surface area contributed by atoms with Gasteiger partial charge in [-0.2, -0.15) is 22.0 Å². The zero-order chi connectivity index (χ0) is 23.6. The molecule has 0 spiro atoms. The van der Waals surface area contributed by atoms with Crippen LogP contribution < -0.4 is 4.74 Å². The molecule has 0 aromatic heterocycles. The van der Waals surface area contributed by atoms with Gasteiger partial charge in [-0.25, -0.2) is 8.42 Å². The van der Waals surface area contributed by atoms with E-state index in [1.54, 1.807) is 66.7 Å². The van der Waals surface area contributed by atoms with Crippen LogP contribution in [0.15, 0.2) is 99.6 Å². The smallest absolute Gasteiger partial charge is 0.432 e. The van der Waals surface area contributed by atoms with Crippen LogP contribution in [0.25, 0.3) is 0 Å². The van der Waals surface area contributed by atoms with Crippen molar-refractivity contribution in [3.8, 4) is 5.75 Å². The van der Waals surface area contributed by atoms with Gasteiger partial charge in [0.1, 0.15) is 5.75 Å². The van der Waals surface area contributed by atoms with Gasteiger partial charge in [0.2, 0.25) is 0 Å². The maximum Gasteiger partial charge on any atom is 0.432 e. The third-order valence-electron chi connectivity index (χ3n) is 4.19. The van der Waals surface area contributed by atoms with Gasteiger partial charge >= 0.3 is 11.4 Å². The minimum atomic E-state index is -6.64. The molecule has 0 N–H and O–H groups in total. The van der Waals surface area contributed by atoms with Crippen LogP contribution in [0.2, 0.25) is 0 Å². The highest BCUT2D eigenvalue weighted by molar-refractivity contribution is 7.97. The van der Waals surface area contributed by atoms with Gasteiger partial charge < -0.3 is 9.29 Å². The van der Waals surface area contributed by atoms with Crippen LogP contribution in [0, 0.1) is 0 Å². The average molecular weight is 490 g/mol. The Balaban J connectivity index is 2.06. The fourth-order valence-electron chi connectivity index (χ4n) is 2.79. The van der Waals surface area contributed by atoms with Crippen molar-refractivity contribution in [2.24, 2.45) is 0 Å². The predicted octanol–water partition coefficient (Wildman–Crippen LogP) is 5.23. The molecule has 0 radical (unpaired) electrons. The number of hydrogen-bond acceptors (Lipinski definition) is 4. The first-order chi connectivity index (χ1) is 14.9. The summed E-state index contributed by atoms with van der Waals surface area (Å²) in [7, 11) is -7.47. The average Bonchev–Trinajstić information content (AvgIpc) is 2.72. The molecule has 170 valence electrons. The number of alkyl halides is 5. The lowest BCUT2D eigenvalue weighted by Crippen LogP contribution is -2.53. The molecule has 3 aromatic carbocycles. The monoisotopic (exact) mass is 490 g/mol. The summed E-state index contributed by atoms with van der Waals surface area (Å²) >= 11 is 0. The third-order valence-corrected chi connectivity index (χ3v) is 7.28. The first-order valence-electron chi connectivity index (χ1n) is 8.92. The summed E-state index contributed by atoms with van der Waals surface area (Å²) in [5, 5.41) is -5.72. The summed E-state index contributed by atoms with van der Waals surface area (Å²) in [4.78, 5) is 2.04. The largest absolute Gasteiger partial charge is 0.743 e. The van der Waals surface area contributed by atoms with Crippen LogP contribution in [-0.4, -0.2) is 30.5 Å². The van der Waals surface area contributed by atoms with Crippen molar-refractivity contribution in [1.29, 1.82) is 0 Å². The molecule has 1 atom stereocenters. The van der Waals surface area contributed by atoms with Crippen LogP contribution in [-0.2, 0) is 21.0 Å². The third kappa shape index (κ3) is 5.22. The van der Waals surface area contributed by atoms with E-state index in [9.17, 15) is 34.9 Å². The molecular weight excluding hydrogens is 475 g/mol. The van der Waals surface area contributed by atoms with E-state index >= 15 is 0 Å². The highest BCUT2D eigenvalue weighted by atomic mass is 32.2. The van der Waals surface area contributed by atoms with Crippen molar-refractivity contribution in [2.45, 2.75) is 32.2 Å². The highest BCUT2D eigenvalue weighted by Crippen LogP contribution is 2.39. The number of rotatable bonds is 7. The van der Waals surface area contributed by atoms with E-state index < -0.39 is 44.3 Å². The Kier molecular flexibility index (Phi) is 6.82. The van der Waals surface area contributed by atoms with Gasteiger partial charge in [-0.15, -0.1) is 0 Å². The van der Waals surface area contributed by atoms with E-state index in [-0.39, 0.29) is 0 Å². The van der Waals surface area contributed by atoms with Crippen LogP contribution in [0.3, 0.4) is 0 Å². The zero-order valence-corrected chi connectivity index (χ0v) is 17.6. The van der Waals surface area contributed by atoms with Crippen molar-refractivity contribution in [1.82, 2.24) is 0 Å². The molecule has 0 aliphatic rings. The Bertz CT molecular complexity index is 1110. The summed E-state index contributed by atoms with van der Waals surface area (Å²) < 4.78 is 104. The molecule has 11 heteroatoms. The number of ether oxygens (including phenoxy) is 1. The van der Waals surface area contributed by atoms with Gasteiger partial charge in [0.05, 0.1) is 10.9 Å². The summed E-state index contributed by atoms with van der Waals surface area (Å²) in [5.74, 6) is -0.655. The molecule has 32 heavy (non-hydrogen) atoms. The molecule has 4 nitrogen and oxygen atoms in total. The highest BCUT2D eigenvalue weighted by Gasteiger charge is 2.62. The lowest BCUT2D eigenvalue weighted by molar-refractivity contribution is -0.239. The van der Waals surface area contributed by atoms with E-state index in [1.165, 1.54) is 6.07 Å². The summed E-state index contributed by atoms with van der Waals surface area (Å²) in [6.45, 7) is 0. The molecule has 0 fully saturated rings. The maximum absolute atomic E-state index is 13.8. The van der Waals surface area contributed by atoms with E-state index in [0.29, 0.717) is 4.90 Å². The van der Waals surface area contributed by atoms with Crippen molar-refractivity contribution >= 4 is 21.0 Å². The maximum atomic E-state index is 13.8. The lowest BCUT2D eigenvalue weighted by atomic mass is 10.3. The molecule has 3 aromatic rings. The normalized spacial score (nSPS) is 13.7. The first-order valence-corrected chi connectivity index (χ1v) is 11.6. The zero-order valence-electron chi connectivity index (χ0n) is 16.0. The Morgan fingerprint density at radius 1 is 0.750 bits per heavy atom. The predicted molar refractivity (Wildman–Crippen MR) is 107 cm³/mol. The van der Waals surface area contributed by atoms with Crippen LogP contribution in [0.5, 0.6) is 5.75 Å². The second kappa shape index (κ2) is 9.08. The molecule has 0 aliphatic heterocycles. The van der Waals surface area contributed by atoms with Crippen molar-refractivity contribution < 1.29 is 39.7 Å². The van der Waals surface area contributed by atoms with E-state index in [4.69, 9.17) is 0 Å². The number of halogens is 5. The molecule has 0 bridgehead atoms. The molecule has 3 rings (SSSR count). The standard InChI is InChI=1S/C21H15F5O4S2/c22-20(23,24)19(21(25,26)32(27,28)29)30-15-8-7-13-18(14-15)31(16-9-3-1-4-10-16)17-11-5-2-6-12-17/h1-14,19H. The number of hydrogen-bond donors (Lipinski definition) is 0. The van der Waals surface area contributed by atoms with E-state index in [1.807, 2.05) is 0 Å². The minimum absolute atomic E-state index is 0.439. The van der Waals surface area contributed by atoms with Crippen molar-refractivity contribution in [3.63, 3.8) is 0 Å². The van der Waals surface area contributed by atoms with Gasteiger partial charge in [0, 0.05) is 6.07 Å². The lowest BCUT2D eigenvalue weighted by Gasteiger charge is -2.30.